The lowest BCUT2D eigenvalue weighted by Crippen LogP contribution is -2.37. The molecular formula is C15H21NO3. The molecule has 0 unspecified atom stereocenters. The Kier molecular flexibility index (Phi) is 4.43. The zero-order valence-corrected chi connectivity index (χ0v) is 11.8. The minimum atomic E-state index is -0.117. The number of ether oxygens (including phenoxy) is 2. The summed E-state index contributed by atoms with van der Waals surface area (Å²) in [5, 5.41) is 0. The number of hydrogen-bond donors (Lipinski definition) is 0. The van der Waals surface area contributed by atoms with E-state index in [0.717, 1.165) is 12.2 Å². The van der Waals surface area contributed by atoms with E-state index in [2.05, 4.69) is 19.9 Å². The Balaban J connectivity index is 1.81. The van der Waals surface area contributed by atoms with Crippen molar-refractivity contribution >= 4 is 5.97 Å². The van der Waals surface area contributed by atoms with Crippen molar-refractivity contribution in [3.63, 3.8) is 0 Å². The highest BCUT2D eigenvalue weighted by Crippen LogP contribution is 2.16. The number of benzene rings is 1. The summed E-state index contributed by atoms with van der Waals surface area (Å²) in [6, 6.07) is 6.06. The number of aryl methyl sites for hydroxylation is 2. The van der Waals surface area contributed by atoms with Crippen LogP contribution in [0.25, 0.3) is 0 Å². The second-order valence-electron chi connectivity index (χ2n) is 5.12. The molecule has 0 radical (unpaired) electrons. The first-order chi connectivity index (χ1) is 9.06. The molecule has 2 rings (SSSR count). The van der Waals surface area contributed by atoms with Crippen molar-refractivity contribution in [2.45, 2.75) is 26.3 Å². The van der Waals surface area contributed by atoms with E-state index in [9.17, 15) is 4.79 Å². The first kappa shape index (κ1) is 13.9. The smallest absolute Gasteiger partial charge is 0.323 e. The van der Waals surface area contributed by atoms with E-state index < -0.39 is 0 Å². The minimum Gasteiger partial charge on any atom is -0.492 e. The molecule has 19 heavy (non-hydrogen) atoms. The van der Waals surface area contributed by atoms with Gasteiger partial charge >= 0.3 is 5.97 Å². The van der Waals surface area contributed by atoms with Crippen LogP contribution in [0.4, 0.5) is 0 Å². The largest absolute Gasteiger partial charge is 0.492 e. The average Bonchev–Trinajstić information content (AvgIpc) is 2.74. The molecule has 1 aliphatic heterocycles. The van der Waals surface area contributed by atoms with E-state index in [1.54, 1.807) is 0 Å². The van der Waals surface area contributed by atoms with Crippen LogP contribution in [-0.2, 0) is 9.53 Å². The third kappa shape index (κ3) is 3.70. The van der Waals surface area contributed by atoms with Gasteiger partial charge in [-0.1, -0.05) is 6.07 Å². The summed E-state index contributed by atoms with van der Waals surface area (Å²) < 4.78 is 10.7. The molecule has 1 aromatic carbocycles. The molecule has 4 heteroatoms. The van der Waals surface area contributed by atoms with E-state index in [4.69, 9.17) is 9.47 Å². The van der Waals surface area contributed by atoms with Gasteiger partial charge in [0.05, 0.1) is 6.61 Å². The minimum absolute atomic E-state index is 0.108. The molecule has 1 saturated heterocycles. The van der Waals surface area contributed by atoms with Gasteiger partial charge in [-0.05, 0) is 44.2 Å². The molecule has 4 nitrogen and oxygen atoms in total. The van der Waals surface area contributed by atoms with E-state index in [-0.39, 0.29) is 12.0 Å². The van der Waals surface area contributed by atoms with Gasteiger partial charge in [0, 0.05) is 13.0 Å². The average molecular weight is 263 g/mol. The monoisotopic (exact) mass is 263 g/mol. The van der Waals surface area contributed by atoms with Crippen LogP contribution in [-0.4, -0.2) is 43.7 Å². The van der Waals surface area contributed by atoms with Gasteiger partial charge in [-0.2, -0.15) is 0 Å². The van der Waals surface area contributed by atoms with E-state index in [1.807, 2.05) is 24.1 Å². The SMILES string of the molecule is Cc1cc(C)cc(OCCN(C)[C@H]2CCOC2=O)c1. The first-order valence-electron chi connectivity index (χ1n) is 6.64. The Hall–Kier alpha value is -1.55. The summed E-state index contributed by atoms with van der Waals surface area (Å²) in [5.74, 6) is 0.772. The molecule has 0 amide bonds. The van der Waals surface area contributed by atoms with Crippen LogP contribution in [0, 0.1) is 13.8 Å². The first-order valence-corrected chi connectivity index (χ1v) is 6.64. The molecule has 0 N–H and O–H groups in total. The van der Waals surface area contributed by atoms with E-state index >= 15 is 0 Å². The number of likely N-dealkylation sites (N-methyl/N-ethyl adjacent to an activating group) is 1. The molecule has 1 atom stereocenters. The molecule has 0 bridgehead atoms. The van der Waals surface area contributed by atoms with Crippen LogP contribution in [0.2, 0.25) is 0 Å². The van der Waals surface area contributed by atoms with Crippen LogP contribution in [0.1, 0.15) is 17.5 Å². The van der Waals surface area contributed by atoms with Crippen LogP contribution in [0.3, 0.4) is 0 Å². The van der Waals surface area contributed by atoms with Crippen molar-refractivity contribution in [3.8, 4) is 5.75 Å². The van der Waals surface area contributed by atoms with E-state index in [0.29, 0.717) is 19.8 Å². The van der Waals surface area contributed by atoms with Gasteiger partial charge in [0.2, 0.25) is 0 Å². The van der Waals surface area contributed by atoms with Crippen molar-refractivity contribution in [1.29, 1.82) is 0 Å². The third-order valence-electron chi connectivity index (χ3n) is 3.35. The number of carbonyl (C=O) groups excluding carboxylic acids is 1. The summed E-state index contributed by atoms with van der Waals surface area (Å²) in [4.78, 5) is 13.4. The zero-order chi connectivity index (χ0) is 13.8. The molecule has 0 aromatic heterocycles. The summed E-state index contributed by atoms with van der Waals surface area (Å²) in [6.45, 7) is 5.93. The summed E-state index contributed by atoms with van der Waals surface area (Å²) in [6.07, 6.45) is 0.777. The topological polar surface area (TPSA) is 38.8 Å². The number of carbonyl (C=O) groups is 1. The molecule has 1 heterocycles. The number of esters is 1. The molecule has 0 spiro atoms. The maximum atomic E-state index is 11.4. The van der Waals surface area contributed by atoms with E-state index in [1.165, 1.54) is 11.1 Å². The normalized spacial score (nSPS) is 18.7. The highest BCUT2D eigenvalue weighted by molar-refractivity contribution is 5.77. The number of nitrogens with zero attached hydrogens (tertiary/aromatic N) is 1. The van der Waals surface area contributed by atoms with Gasteiger partial charge in [0.15, 0.2) is 0 Å². The fourth-order valence-corrected chi connectivity index (χ4v) is 2.37. The second-order valence-corrected chi connectivity index (χ2v) is 5.12. The Labute approximate surface area is 114 Å². The summed E-state index contributed by atoms with van der Waals surface area (Å²) in [5.41, 5.74) is 2.39. The highest BCUT2D eigenvalue weighted by atomic mass is 16.5. The van der Waals surface area contributed by atoms with Gasteiger partial charge in [-0.25, -0.2) is 0 Å². The molecule has 1 aliphatic rings. The quantitative estimate of drug-likeness (QED) is 0.761. The van der Waals surface area contributed by atoms with Gasteiger partial charge in [-0.3, -0.25) is 9.69 Å². The van der Waals surface area contributed by atoms with Crippen LogP contribution >= 0.6 is 0 Å². The predicted molar refractivity (Wildman–Crippen MR) is 73.4 cm³/mol. The second kappa shape index (κ2) is 6.06. The highest BCUT2D eigenvalue weighted by Gasteiger charge is 2.29. The fraction of sp³-hybridized carbons (Fsp3) is 0.533. The van der Waals surface area contributed by atoms with Crippen LogP contribution in [0.15, 0.2) is 18.2 Å². The zero-order valence-electron chi connectivity index (χ0n) is 11.8. The molecule has 0 aliphatic carbocycles. The van der Waals surface area contributed by atoms with Gasteiger partial charge in [-0.15, -0.1) is 0 Å². The molecular weight excluding hydrogens is 242 g/mol. The van der Waals surface area contributed by atoms with Crippen LogP contribution < -0.4 is 4.74 Å². The number of cyclic esters (lactones) is 1. The maximum Gasteiger partial charge on any atom is 0.323 e. The lowest BCUT2D eigenvalue weighted by Gasteiger charge is -2.20. The third-order valence-corrected chi connectivity index (χ3v) is 3.35. The lowest BCUT2D eigenvalue weighted by atomic mass is 10.1. The van der Waals surface area contributed by atoms with Crippen molar-refractivity contribution in [1.82, 2.24) is 4.90 Å². The van der Waals surface area contributed by atoms with Crippen molar-refractivity contribution < 1.29 is 14.3 Å². The van der Waals surface area contributed by atoms with Crippen LogP contribution in [0.5, 0.6) is 5.75 Å². The van der Waals surface area contributed by atoms with Gasteiger partial charge in [0.25, 0.3) is 0 Å². The Morgan fingerprint density at radius 1 is 1.32 bits per heavy atom. The van der Waals surface area contributed by atoms with Crippen molar-refractivity contribution in [3.05, 3.63) is 29.3 Å². The van der Waals surface area contributed by atoms with Crippen molar-refractivity contribution in [2.75, 3.05) is 26.8 Å². The standard InChI is InChI=1S/C15H21NO3/c1-11-8-12(2)10-13(9-11)18-7-5-16(3)14-4-6-19-15(14)17/h8-10,14H,4-7H2,1-3H3/t14-/m0/s1. The molecule has 1 fully saturated rings. The van der Waals surface area contributed by atoms with Crippen molar-refractivity contribution in [2.24, 2.45) is 0 Å². The van der Waals surface area contributed by atoms with Gasteiger partial charge in [0.1, 0.15) is 18.4 Å². The Morgan fingerprint density at radius 2 is 2.00 bits per heavy atom. The summed E-state index contributed by atoms with van der Waals surface area (Å²) in [7, 11) is 1.93. The molecule has 1 aromatic rings. The Bertz CT molecular complexity index is 438. The number of hydrogen-bond acceptors (Lipinski definition) is 4. The maximum absolute atomic E-state index is 11.4. The molecule has 104 valence electrons. The lowest BCUT2D eigenvalue weighted by molar-refractivity contribution is -0.142. The number of rotatable bonds is 5. The Morgan fingerprint density at radius 3 is 2.58 bits per heavy atom. The van der Waals surface area contributed by atoms with Gasteiger partial charge < -0.3 is 9.47 Å². The summed E-state index contributed by atoms with van der Waals surface area (Å²) >= 11 is 0. The fourth-order valence-electron chi connectivity index (χ4n) is 2.37. The predicted octanol–water partition coefficient (Wildman–Crippen LogP) is 1.93. The molecule has 0 saturated carbocycles.